The molecular weight excluding hydrogens is 375 g/mol. The van der Waals surface area contributed by atoms with Crippen LogP contribution >= 0.6 is 23.2 Å². The highest BCUT2D eigenvalue weighted by Crippen LogP contribution is 2.30. The number of allylic oxidation sites excluding steroid dienone is 1. The number of hydrogen-bond acceptors (Lipinski definition) is 4. The highest BCUT2D eigenvalue weighted by Gasteiger charge is 2.21. The number of hydrogen-bond donors (Lipinski definition) is 1. The molecule has 8 heteroatoms. The van der Waals surface area contributed by atoms with E-state index in [1.54, 1.807) is 12.3 Å². The van der Waals surface area contributed by atoms with E-state index in [-0.39, 0.29) is 27.1 Å². The molecule has 0 saturated carbocycles. The second-order valence-electron chi connectivity index (χ2n) is 6.25. The van der Waals surface area contributed by atoms with Crippen molar-refractivity contribution in [2.45, 2.75) is 26.7 Å². The number of H-pyrrole nitrogens is 1. The fourth-order valence-corrected chi connectivity index (χ4v) is 3.08. The second-order valence-corrected chi connectivity index (χ2v) is 7.02. The molecule has 26 heavy (non-hydrogen) atoms. The summed E-state index contributed by atoms with van der Waals surface area (Å²) >= 11 is 12.1. The van der Waals surface area contributed by atoms with Crippen molar-refractivity contribution in [3.8, 4) is 5.69 Å². The van der Waals surface area contributed by atoms with E-state index in [0.717, 1.165) is 11.1 Å². The van der Waals surface area contributed by atoms with Gasteiger partial charge in [-0.2, -0.15) is 0 Å². The van der Waals surface area contributed by atoms with Crippen molar-refractivity contribution in [2.75, 3.05) is 0 Å². The van der Waals surface area contributed by atoms with Crippen molar-refractivity contribution < 1.29 is 0 Å². The number of halogens is 2. The average molecular weight is 391 g/mol. The van der Waals surface area contributed by atoms with Crippen LogP contribution in [0.1, 0.15) is 37.9 Å². The van der Waals surface area contributed by atoms with E-state index in [0.29, 0.717) is 11.4 Å². The molecule has 0 bridgehead atoms. The summed E-state index contributed by atoms with van der Waals surface area (Å²) in [4.78, 5) is 35.9. The van der Waals surface area contributed by atoms with Gasteiger partial charge in [0.05, 0.1) is 21.8 Å². The maximum Gasteiger partial charge on any atom is 0.334 e. The first kappa shape index (κ1) is 18.4. The summed E-state index contributed by atoms with van der Waals surface area (Å²) in [7, 11) is 0. The zero-order valence-corrected chi connectivity index (χ0v) is 15.9. The molecule has 3 aromatic heterocycles. The Bertz CT molecular complexity index is 1160. The van der Waals surface area contributed by atoms with Crippen LogP contribution in [-0.2, 0) is 0 Å². The molecule has 0 aromatic carbocycles. The van der Waals surface area contributed by atoms with Crippen LogP contribution in [0.4, 0.5) is 0 Å². The van der Waals surface area contributed by atoms with Gasteiger partial charge in [-0.1, -0.05) is 43.6 Å². The molecule has 0 saturated heterocycles. The number of nitrogens with one attached hydrogen (secondary N) is 1. The van der Waals surface area contributed by atoms with Gasteiger partial charge in [-0.15, -0.1) is 0 Å². The van der Waals surface area contributed by atoms with Crippen LogP contribution in [0.2, 0.25) is 10.2 Å². The van der Waals surface area contributed by atoms with Gasteiger partial charge in [-0.25, -0.2) is 14.3 Å². The lowest BCUT2D eigenvalue weighted by Crippen LogP contribution is -2.31. The molecule has 3 rings (SSSR count). The molecule has 0 aliphatic rings. The van der Waals surface area contributed by atoms with Crippen molar-refractivity contribution in [2.24, 2.45) is 0 Å². The first-order valence-corrected chi connectivity index (χ1v) is 8.64. The number of aromatic amines is 1. The monoisotopic (exact) mass is 390 g/mol. The summed E-state index contributed by atoms with van der Waals surface area (Å²) < 4.78 is 1.31. The van der Waals surface area contributed by atoms with Gasteiger partial charge in [0.1, 0.15) is 5.15 Å². The van der Waals surface area contributed by atoms with Gasteiger partial charge in [-0.05, 0) is 30.5 Å². The number of nitrogens with zero attached hydrogens (tertiary/aromatic N) is 3. The van der Waals surface area contributed by atoms with Crippen molar-refractivity contribution in [1.29, 1.82) is 0 Å². The van der Waals surface area contributed by atoms with E-state index in [1.165, 1.54) is 10.6 Å². The zero-order valence-electron chi connectivity index (χ0n) is 14.4. The smallest absolute Gasteiger partial charge is 0.273 e. The predicted molar refractivity (Wildman–Crippen MR) is 105 cm³/mol. The van der Waals surface area contributed by atoms with E-state index in [4.69, 9.17) is 23.2 Å². The third-order valence-electron chi connectivity index (χ3n) is 3.98. The molecule has 0 fully saturated rings. The summed E-state index contributed by atoms with van der Waals surface area (Å²) in [5.74, 6) is 0.0148. The lowest BCUT2D eigenvalue weighted by molar-refractivity contribution is 0.791. The van der Waals surface area contributed by atoms with E-state index in [9.17, 15) is 9.59 Å². The van der Waals surface area contributed by atoms with Gasteiger partial charge in [0.15, 0.2) is 5.65 Å². The Morgan fingerprint density at radius 1 is 1.31 bits per heavy atom. The van der Waals surface area contributed by atoms with E-state index in [2.05, 4.69) is 21.5 Å². The van der Waals surface area contributed by atoms with Crippen LogP contribution in [0.3, 0.4) is 0 Å². The fourth-order valence-electron chi connectivity index (χ4n) is 2.79. The van der Waals surface area contributed by atoms with Crippen LogP contribution in [0.5, 0.6) is 0 Å². The molecule has 3 aromatic rings. The van der Waals surface area contributed by atoms with Crippen LogP contribution in [0.25, 0.3) is 22.3 Å². The molecule has 0 spiro atoms. The normalized spacial score (nSPS) is 11.3. The van der Waals surface area contributed by atoms with Crippen molar-refractivity contribution in [1.82, 2.24) is 19.5 Å². The average Bonchev–Trinajstić information content (AvgIpc) is 2.56. The van der Waals surface area contributed by atoms with Gasteiger partial charge in [-0.3, -0.25) is 14.8 Å². The maximum atomic E-state index is 12.7. The standard InChI is InChI=1S/C18H16Cl2N4O2/c1-8(2)10-5-6-21-13(9(3)4)14(10)24-16-11(17(25)23-18(24)26)7-12(19)15(20)22-16/h5-7,9H,1H2,2-4H3,(H,23,25,26). The van der Waals surface area contributed by atoms with Crippen molar-refractivity contribution in [3.05, 3.63) is 67.2 Å². The number of fused-ring (bicyclic) bond motifs is 1. The first-order valence-electron chi connectivity index (χ1n) is 7.88. The van der Waals surface area contributed by atoms with Gasteiger partial charge in [0, 0.05) is 11.8 Å². The molecule has 0 unspecified atom stereocenters. The maximum absolute atomic E-state index is 12.7. The van der Waals surface area contributed by atoms with Crippen LogP contribution < -0.4 is 11.2 Å². The zero-order chi connectivity index (χ0) is 19.2. The largest absolute Gasteiger partial charge is 0.334 e. The highest BCUT2D eigenvalue weighted by atomic mass is 35.5. The molecule has 0 amide bonds. The number of pyridine rings is 2. The molecule has 0 aliphatic carbocycles. The highest BCUT2D eigenvalue weighted by molar-refractivity contribution is 6.41. The third kappa shape index (κ3) is 2.95. The van der Waals surface area contributed by atoms with E-state index in [1.807, 2.05) is 20.8 Å². The van der Waals surface area contributed by atoms with Gasteiger partial charge in [0.2, 0.25) is 0 Å². The minimum atomic E-state index is -0.634. The molecule has 1 N–H and O–H groups in total. The Kier molecular flexibility index (Phi) is 4.73. The molecule has 134 valence electrons. The van der Waals surface area contributed by atoms with E-state index >= 15 is 0 Å². The van der Waals surface area contributed by atoms with Crippen LogP contribution in [-0.4, -0.2) is 19.5 Å². The molecule has 6 nitrogen and oxygen atoms in total. The lowest BCUT2D eigenvalue weighted by atomic mass is 10.0. The topological polar surface area (TPSA) is 80.6 Å². The van der Waals surface area contributed by atoms with Gasteiger partial charge < -0.3 is 0 Å². The third-order valence-corrected chi connectivity index (χ3v) is 4.65. The Hall–Kier alpha value is -2.44. The van der Waals surface area contributed by atoms with Gasteiger partial charge in [0.25, 0.3) is 5.56 Å². The Labute approximate surface area is 159 Å². The first-order chi connectivity index (χ1) is 12.2. The Morgan fingerprint density at radius 2 is 2.00 bits per heavy atom. The Morgan fingerprint density at radius 3 is 2.62 bits per heavy atom. The minimum absolute atomic E-state index is 0.00442. The van der Waals surface area contributed by atoms with Crippen molar-refractivity contribution >= 4 is 39.8 Å². The minimum Gasteiger partial charge on any atom is -0.273 e. The summed E-state index contributed by atoms with van der Waals surface area (Å²) in [6.07, 6.45) is 1.67. The van der Waals surface area contributed by atoms with Crippen LogP contribution in [0, 0.1) is 0 Å². The lowest BCUT2D eigenvalue weighted by Gasteiger charge is -2.19. The Balaban J connectivity index is 2.59. The van der Waals surface area contributed by atoms with E-state index < -0.39 is 11.2 Å². The fraction of sp³-hybridized carbons (Fsp3) is 0.222. The molecule has 0 radical (unpaired) electrons. The SMILES string of the molecule is C=C(C)c1ccnc(C(C)C)c1-n1c(=O)[nH]c(=O)c2cc(Cl)c(Cl)nc21. The molecule has 0 aliphatic heterocycles. The second kappa shape index (κ2) is 6.70. The van der Waals surface area contributed by atoms with Crippen LogP contribution in [0.15, 0.2) is 34.5 Å². The number of aromatic nitrogens is 4. The predicted octanol–water partition coefficient (Wildman–Crippen LogP) is 3.93. The summed E-state index contributed by atoms with van der Waals surface area (Å²) in [6.45, 7) is 9.75. The summed E-state index contributed by atoms with van der Waals surface area (Å²) in [5, 5.41) is 0.292. The number of rotatable bonds is 3. The molecule has 0 atom stereocenters. The van der Waals surface area contributed by atoms with Gasteiger partial charge >= 0.3 is 5.69 Å². The summed E-state index contributed by atoms with van der Waals surface area (Å²) in [6, 6.07) is 3.16. The van der Waals surface area contributed by atoms with Crippen molar-refractivity contribution in [3.63, 3.8) is 0 Å². The molecular formula is C18H16Cl2N4O2. The molecule has 3 heterocycles. The quantitative estimate of drug-likeness (QED) is 0.686. The summed E-state index contributed by atoms with van der Waals surface area (Å²) in [5.41, 5.74) is 1.57.